The van der Waals surface area contributed by atoms with Crippen LogP contribution in [0.3, 0.4) is 0 Å². The number of aryl methyl sites for hydroxylation is 1. The molecule has 0 spiro atoms. The predicted molar refractivity (Wildman–Crippen MR) is 75.6 cm³/mol. The predicted octanol–water partition coefficient (Wildman–Crippen LogP) is 1.55. The van der Waals surface area contributed by atoms with E-state index >= 15 is 0 Å². The average Bonchev–Trinajstić information content (AvgIpc) is 2.93. The van der Waals surface area contributed by atoms with Crippen LogP contribution in [0.5, 0.6) is 0 Å². The minimum Gasteiger partial charge on any atom is -0.396 e. The SMILES string of the molecule is O=C(CCc1nc(C2CCCC2)no1)NCC1(CO)CC1. The van der Waals surface area contributed by atoms with E-state index in [1.807, 2.05) is 0 Å². The number of aliphatic hydroxyl groups is 1. The third-order valence-electron chi connectivity index (χ3n) is 4.72. The number of nitrogens with one attached hydrogen (secondary N) is 1. The molecule has 0 aromatic carbocycles. The van der Waals surface area contributed by atoms with Crippen molar-refractivity contribution in [2.75, 3.05) is 13.2 Å². The Hall–Kier alpha value is -1.43. The summed E-state index contributed by atoms with van der Waals surface area (Å²) < 4.78 is 5.23. The van der Waals surface area contributed by atoms with Crippen LogP contribution >= 0.6 is 0 Å². The fourth-order valence-corrected chi connectivity index (χ4v) is 2.88. The van der Waals surface area contributed by atoms with Crippen molar-refractivity contribution in [3.05, 3.63) is 11.7 Å². The highest BCUT2D eigenvalue weighted by atomic mass is 16.5. The molecule has 2 fully saturated rings. The number of rotatable bonds is 7. The molecule has 0 aliphatic heterocycles. The number of carbonyl (C=O) groups is 1. The fourth-order valence-electron chi connectivity index (χ4n) is 2.88. The van der Waals surface area contributed by atoms with Crippen LogP contribution in [0.15, 0.2) is 4.52 Å². The van der Waals surface area contributed by atoms with Gasteiger partial charge in [-0.15, -0.1) is 0 Å². The van der Waals surface area contributed by atoms with E-state index in [-0.39, 0.29) is 17.9 Å². The van der Waals surface area contributed by atoms with Gasteiger partial charge in [0.15, 0.2) is 5.82 Å². The van der Waals surface area contributed by atoms with Crippen LogP contribution < -0.4 is 5.32 Å². The number of aromatic nitrogens is 2. The highest BCUT2D eigenvalue weighted by Crippen LogP contribution is 2.44. The highest BCUT2D eigenvalue weighted by Gasteiger charge is 2.41. The third kappa shape index (κ3) is 3.61. The fraction of sp³-hybridized carbons (Fsp3) is 0.800. The van der Waals surface area contributed by atoms with Gasteiger partial charge in [0, 0.05) is 30.7 Å². The number of aliphatic hydroxyl groups excluding tert-OH is 1. The topological polar surface area (TPSA) is 88.2 Å². The van der Waals surface area contributed by atoms with Crippen molar-refractivity contribution in [1.29, 1.82) is 0 Å². The van der Waals surface area contributed by atoms with E-state index in [4.69, 9.17) is 4.52 Å². The summed E-state index contributed by atoms with van der Waals surface area (Å²) in [5, 5.41) is 16.1. The van der Waals surface area contributed by atoms with Gasteiger partial charge in [0.05, 0.1) is 6.61 Å². The molecule has 1 aromatic heterocycles. The summed E-state index contributed by atoms with van der Waals surface area (Å²) in [7, 11) is 0. The lowest BCUT2D eigenvalue weighted by Gasteiger charge is -2.12. The minimum atomic E-state index is -0.0458. The van der Waals surface area contributed by atoms with Gasteiger partial charge in [-0.05, 0) is 25.7 Å². The van der Waals surface area contributed by atoms with Gasteiger partial charge >= 0.3 is 0 Å². The first-order valence-electron chi connectivity index (χ1n) is 7.91. The number of hydrogen-bond acceptors (Lipinski definition) is 5. The Morgan fingerprint density at radius 3 is 2.81 bits per heavy atom. The van der Waals surface area contributed by atoms with Crippen molar-refractivity contribution in [3.63, 3.8) is 0 Å². The molecule has 6 nitrogen and oxygen atoms in total. The maximum Gasteiger partial charge on any atom is 0.227 e. The number of carbonyl (C=O) groups excluding carboxylic acids is 1. The lowest BCUT2D eigenvalue weighted by atomic mass is 10.1. The lowest BCUT2D eigenvalue weighted by Crippen LogP contribution is -2.31. The van der Waals surface area contributed by atoms with Crippen LogP contribution in [0.4, 0.5) is 0 Å². The summed E-state index contributed by atoms with van der Waals surface area (Å²) in [5.41, 5.74) is -0.0458. The molecular weight excluding hydrogens is 270 g/mol. The van der Waals surface area contributed by atoms with Crippen LogP contribution in [-0.4, -0.2) is 34.3 Å². The lowest BCUT2D eigenvalue weighted by molar-refractivity contribution is -0.121. The first-order chi connectivity index (χ1) is 10.2. The van der Waals surface area contributed by atoms with E-state index in [1.54, 1.807) is 0 Å². The Bertz CT molecular complexity index is 490. The van der Waals surface area contributed by atoms with Crippen molar-refractivity contribution in [1.82, 2.24) is 15.5 Å². The van der Waals surface area contributed by atoms with Gasteiger partial charge in [-0.25, -0.2) is 0 Å². The van der Waals surface area contributed by atoms with Crippen LogP contribution in [0, 0.1) is 5.41 Å². The molecule has 116 valence electrons. The summed E-state index contributed by atoms with van der Waals surface area (Å²) in [4.78, 5) is 16.2. The maximum atomic E-state index is 11.8. The summed E-state index contributed by atoms with van der Waals surface area (Å²) in [5.74, 6) is 1.78. The van der Waals surface area contributed by atoms with Gasteiger partial charge in [0.2, 0.25) is 11.8 Å². The number of nitrogens with zero attached hydrogens (tertiary/aromatic N) is 2. The second-order valence-corrected chi connectivity index (χ2v) is 6.46. The first-order valence-corrected chi connectivity index (χ1v) is 7.91. The van der Waals surface area contributed by atoms with E-state index in [0.29, 0.717) is 31.2 Å². The molecule has 0 saturated heterocycles. The molecule has 0 bridgehead atoms. The number of amides is 1. The zero-order chi connectivity index (χ0) is 14.7. The second kappa shape index (κ2) is 6.13. The average molecular weight is 293 g/mol. The van der Waals surface area contributed by atoms with Crippen molar-refractivity contribution >= 4 is 5.91 Å². The molecular formula is C15H23N3O3. The molecule has 6 heteroatoms. The summed E-state index contributed by atoms with van der Waals surface area (Å²) in [6.07, 6.45) is 7.60. The standard InChI is InChI=1S/C15H23N3O3/c19-10-15(7-8-15)9-16-12(20)5-6-13-17-14(18-21-13)11-3-1-2-4-11/h11,19H,1-10H2,(H,16,20). The van der Waals surface area contributed by atoms with Crippen LogP contribution in [0.1, 0.15) is 62.6 Å². The van der Waals surface area contributed by atoms with Crippen LogP contribution in [-0.2, 0) is 11.2 Å². The second-order valence-electron chi connectivity index (χ2n) is 6.46. The Kier molecular flexibility index (Phi) is 4.24. The normalized spacial score (nSPS) is 20.6. The molecule has 0 unspecified atom stereocenters. The van der Waals surface area contributed by atoms with E-state index in [0.717, 1.165) is 31.5 Å². The molecule has 2 saturated carbocycles. The van der Waals surface area contributed by atoms with Crippen LogP contribution in [0.2, 0.25) is 0 Å². The van der Waals surface area contributed by atoms with Gasteiger partial charge in [-0.3, -0.25) is 4.79 Å². The van der Waals surface area contributed by atoms with Crippen molar-refractivity contribution in [2.24, 2.45) is 5.41 Å². The molecule has 0 atom stereocenters. The first kappa shape index (κ1) is 14.5. The van der Waals surface area contributed by atoms with Crippen molar-refractivity contribution in [3.8, 4) is 0 Å². The third-order valence-corrected chi connectivity index (χ3v) is 4.72. The van der Waals surface area contributed by atoms with Gasteiger partial charge in [0.25, 0.3) is 0 Å². The highest BCUT2D eigenvalue weighted by molar-refractivity contribution is 5.76. The zero-order valence-corrected chi connectivity index (χ0v) is 12.3. The molecule has 1 aromatic rings. The maximum absolute atomic E-state index is 11.8. The van der Waals surface area contributed by atoms with E-state index in [1.165, 1.54) is 12.8 Å². The molecule has 3 rings (SSSR count). The minimum absolute atomic E-state index is 0.0182. The Labute approximate surface area is 124 Å². The molecule has 0 radical (unpaired) electrons. The quantitative estimate of drug-likeness (QED) is 0.796. The molecule has 2 aliphatic carbocycles. The Balaban J connectivity index is 1.41. The Morgan fingerprint density at radius 2 is 2.14 bits per heavy atom. The number of hydrogen-bond donors (Lipinski definition) is 2. The van der Waals surface area contributed by atoms with Gasteiger partial charge < -0.3 is 14.9 Å². The van der Waals surface area contributed by atoms with Gasteiger partial charge in [-0.2, -0.15) is 4.98 Å². The molecule has 2 N–H and O–H groups in total. The summed E-state index contributed by atoms with van der Waals surface area (Å²) >= 11 is 0. The molecule has 2 aliphatic rings. The summed E-state index contributed by atoms with van der Waals surface area (Å²) in [6, 6.07) is 0. The van der Waals surface area contributed by atoms with E-state index < -0.39 is 0 Å². The molecule has 21 heavy (non-hydrogen) atoms. The molecule has 1 amide bonds. The Morgan fingerprint density at radius 1 is 1.38 bits per heavy atom. The largest absolute Gasteiger partial charge is 0.396 e. The van der Waals surface area contributed by atoms with E-state index in [9.17, 15) is 9.90 Å². The van der Waals surface area contributed by atoms with Crippen molar-refractivity contribution in [2.45, 2.75) is 57.3 Å². The van der Waals surface area contributed by atoms with Crippen molar-refractivity contribution < 1.29 is 14.4 Å². The van der Waals surface area contributed by atoms with Gasteiger partial charge in [0.1, 0.15) is 0 Å². The van der Waals surface area contributed by atoms with Gasteiger partial charge in [-0.1, -0.05) is 18.0 Å². The summed E-state index contributed by atoms with van der Waals surface area (Å²) in [6.45, 7) is 0.723. The molecule has 1 heterocycles. The smallest absolute Gasteiger partial charge is 0.227 e. The van der Waals surface area contributed by atoms with E-state index in [2.05, 4.69) is 15.5 Å². The zero-order valence-electron chi connectivity index (χ0n) is 12.3. The van der Waals surface area contributed by atoms with Crippen LogP contribution in [0.25, 0.3) is 0 Å². The monoisotopic (exact) mass is 293 g/mol.